The molecule has 1 atom stereocenters. The first kappa shape index (κ1) is 18.8. The number of hydrogen-bond acceptors (Lipinski definition) is 4. The molecule has 0 aliphatic carbocycles. The smallest absolute Gasteiger partial charge is 0.255 e. The Balaban J connectivity index is 1.75. The zero-order valence-corrected chi connectivity index (χ0v) is 15.4. The van der Waals surface area contributed by atoms with E-state index in [0.717, 1.165) is 24.2 Å². The molecule has 0 aromatic heterocycles. The highest BCUT2D eigenvalue weighted by molar-refractivity contribution is 5.95. The van der Waals surface area contributed by atoms with E-state index in [9.17, 15) is 9.59 Å². The molecule has 1 heterocycles. The molecule has 1 unspecified atom stereocenters. The average molecular weight is 368 g/mol. The van der Waals surface area contributed by atoms with Gasteiger partial charge in [-0.25, -0.2) is 0 Å². The van der Waals surface area contributed by atoms with Crippen molar-refractivity contribution < 1.29 is 19.1 Å². The van der Waals surface area contributed by atoms with Crippen molar-refractivity contribution in [2.24, 2.45) is 5.73 Å². The number of nitrogens with two attached hydrogens (primary N) is 1. The zero-order valence-electron chi connectivity index (χ0n) is 15.4. The largest absolute Gasteiger partial charge is 0.494 e. The third kappa shape index (κ3) is 4.58. The van der Waals surface area contributed by atoms with Gasteiger partial charge in [0.15, 0.2) is 6.61 Å². The number of rotatable bonds is 7. The number of carbonyl (C=O) groups is 2. The molecule has 0 spiro atoms. The minimum absolute atomic E-state index is 0.0448. The average Bonchev–Trinajstić information content (AvgIpc) is 3.16. The van der Waals surface area contributed by atoms with Crippen LogP contribution in [0.3, 0.4) is 0 Å². The molecular formula is C21H24N2O4. The van der Waals surface area contributed by atoms with Crippen molar-refractivity contribution in [3.8, 4) is 11.5 Å². The van der Waals surface area contributed by atoms with Gasteiger partial charge in [-0.3, -0.25) is 9.59 Å². The van der Waals surface area contributed by atoms with Crippen molar-refractivity contribution >= 4 is 11.8 Å². The SMILES string of the molecule is CCOc1ccc(C2CCCN2C(=O)c2cccc(OCC(N)=O)c2)cc1. The van der Waals surface area contributed by atoms with Crippen LogP contribution in [0.5, 0.6) is 11.5 Å². The Bertz CT molecular complexity index is 804. The summed E-state index contributed by atoms with van der Waals surface area (Å²) in [5, 5.41) is 0. The number of likely N-dealkylation sites (tertiary alicyclic amines) is 1. The Hall–Kier alpha value is -3.02. The van der Waals surface area contributed by atoms with Crippen LogP contribution in [0.25, 0.3) is 0 Å². The van der Waals surface area contributed by atoms with Crippen molar-refractivity contribution in [1.82, 2.24) is 4.90 Å². The fourth-order valence-corrected chi connectivity index (χ4v) is 3.35. The minimum Gasteiger partial charge on any atom is -0.494 e. The lowest BCUT2D eigenvalue weighted by molar-refractivity contribution is -0.119. The molecule has 1 saturated heterocycles. The standard InChI is InChI=1S/C21H24N2O4/c1-2-26-17-10-8-15(9-11-17)19-7-4-12-23(19)21(25)16-5-3-6-18(13-16)27-14-20(22)24/h3,5-6,8-11,13,19H,2,4,7,12,14H2,1H3,(H2,22,24). The van der Waals surface area contributed by atoms with Gasteiger partial charge in [0.1, 0.15) is 11.5 Å². The quantitative estimate of drug-likeness (QED) is 0.815. The van der Waals surface area contributed by atoms with Gasteiger partial charge in [0, 0.05) is 12.1 Å². The predicted molar refractivity (Wildman–Crippen MR) is 102 cm³/mol. The summed E-state index contributed by atoms with van der Waals surface area (Å²) >= 11 is 0. The van der Waals surface area contributed by atoms with Crippen molar-refractivity contribution in [2.75, 3.05) is 19.8 Å². The van der Waals surface area contributed by atoms with Crippen LogP contribution >= 0.6 is 0 Å². The predicted octanol–water partition coefficient (Wildman–Crippen LogP) is 2.93. The molecule has 2 amide bonds. The molecule has 6 nitrogen and oxygen atoms in total. The Morgan fingerprint density at radius 1 is 1.11 bits per heavy atom. The van der Waals surface area contributed by atoms with Crippen molar-refractivity contribution in [3.63, 3.8) is 0 Å². The van der Waals surface area contributed by atoms with E-state index >= 15 is 0 Å². The van der Waals surface area contributed by atoms with Gasteiger partial charge in [-0.05, 0) is 55.7 Å². The molecule has 1 aliphatic rings. The van der Waals surface area contributed by atoms with Gasteiger partial charge >= 0.3 is 0 Å². The van der Waals surface area contributed by atoms with Crippen LogP contribution in [0.2, 0.25) is 0 Å². The third-order valence-electron chi connectivity index (χ3n) is 4.55. The number of carbonyl (C=O) groups excluding carboxylic acids is 2. The van der Waals surface area contributed by atoms with Crippen LogP contribution in [0, 0.1) is 0 Å². The van der Waals surface area contributed by atoms with E-state index in [0.29, 0.717) is 24.5 Å². The summed E-state index contributed by atoms with van der Waals surface area (Å²) in [6.45, 7) is 3.08. The lowest BCUT2D eigenvalue weighted by Gasteiger charge is -2.25. The van der Waals surface area contributed by atoms with Crippen LogP contribution in [0.4, 0.5) is 0 Å². The first-order valence-corrected chi connectivity index (χ1v) is 9.13. The second-order valence-electron chi connectivity index (χ2n) is 6.44. The zero-order chi connectivity index (χ0) is 19.2. The number of primary amides is 1. The van der Waals surface area contributed by atoms with E-state index in [1.165, 1.54) is 0 Å². The fourth-order valence-electron chi connectivity index (χ4n) is 3.35. The van der Waals surface area contributed by atoms with Crippen molar-refractivity contribution in [3.05, 3.63) is 59.7 Å². The highest BCUT2D eigenvalue weighted by Gasteiger charge is 2.30. The maximum absolute atomic E-state index is 13.0. The number of amides is 2. The number of ether oxygens (including phenoxy) is 2. The lowest BCUT2D eigenvalue weighted by Crippen LogP contribution is -2.30. The van der Waals surface area contributed by atoms with E-state index in [2.05, 4.69) is 0 Å². The van der Waals surface area contributed by atoms with Crippen LogP contribution < -0.4 is 15.2 Å². The van der Waals surface area contributed by atoms with Crippen molar-refractivity contribution in [2.45, 2.75) is 25.8 Å². The summed E-state index contributed by atoms with van der Waals surface area (Å²) in [5.74, 6) is 0.686. The molecule has 2 aromatic carbocycles. The fraction of sp³-hybridized carbons (Fsp3) is 0.333. The van der Waals surface area contributed by atoms with E-state index in [1.807, 2.05) is 36.1 Å². The molecule has 2 aromatic rings. The van der Waals surface area contributed by atoms with Crippen LogP contribution in [-0.2, 0) is 4.79 Å². The van der Waals surface area contributed by atoms with Gasteiger partial charge in [-0.2, -0.15) is 0 Å². The molecule has 142 valence electrons. The van der Waals surface area contributed by atoms with Gasteiger partial charge in [0.25, 0.3) is 11.8 Å². The number of nitrogens with zero attached hydrogens (tertiary/aromatic N) is 1. The molecule has 0 bridgehead atoms. The number of hydrogen-bond donors (Lipinski definition) is 1. The molecule has 1 fully saturated rings. The summed E-state index contributed by atoms with van der Waals surface area (Å²) in [6, 6.07) is 14.8. The summed E-state index contributed by atoms with van der Waals surface area (Å²) in [7, 11) is 0. The molecule has 1 aliphatic heterocycles. The highest BCUT2D eigenvalue weighted by Crippen LogP contribution is 2.34. The summed E-state index contributed by atoms with van der Waals surface area (Å²) < 4.78 is 10.8. The maximum atomic E-state index is 13.0. The molecule has 2 N–H and O–H groups in total. The van der Waals surface area contributed by atoms with Gasteiger partial charge in [-0.15, -0.1) is 0 Å². The van der Waals surface area contributed by atoms with Crippen LogP contribution in [-0.4, -0.2) is 36.5 Å². The van der Waals surface area contributed by atoms with Gasteiger partial charge in [-0.1, -0.05) is 18.2 Å². The highest BCUT2D eigenvalue weighted by atomic mass is 16.5. The molecule has 6 heteroatoms. The Kier molecular flexibility index (Phi) is 5.96. The van der Waals surface area contributed by atoms with E-state index < -0.39 is 5.91 Å². The molecular weight excluding hydrogens is 344 g/mol. The lowest BCUT2D eigenvalue weighted by atomic mass is 10.0. The van der Waals surface area contributed by atoms with Gasteiger partial charge in [0.2, 0.25) is 0 Å². The second kappa shape index (κ2) is 8.58. The Morgan fingerprint density at radius 2 is 1.89 bits per heavy atom. The number of benzene rings is 2. The summed E-state index contributed by atoms with van der Waals surface area (Å²) in [5.41, 5.74) is 6.74. The second-order valence-corrected chi connectivity index (χ2v) is 6.44. The maximum Gasteiger partial charge on any atom is 0.255 e. The monoisotopic (exact) mass is 368 g/mol. The topological polar surface area (TPSA) is 81.9 Å². The summed E-state index contributed by atoms with van der Waals surface area (Å²) in [4.78, 5) is 25.8. The Labute approximate surface area is 158 Å². The van der Waals surface area contributed by atoms with Crippen LogP contribution in [0.15, 0.2) is 48.5 Å². The van der Waals surface area contributed by atoms with Gasteiger partial charge in [0.05, 0.1) is 12.6 Å². The van der Waals surface area contributed by atoms with Gasteiger partial charge < -0.3 is 20.1 Å². The molecule has 0 radical (unpaired) electrons. The third-order valence-corrected chi connectivity index (χ3v) is 4.55. The molecule has 0 saturated carbocycles. The minimum atomic E-state index is -0.554. The van der Waals surface area contributed by atoms with Crippen molar-refractivity contribution in [1.29, 1.82) is 0 Å². The van der Waals surface area contributed by atoms with Crippen LogP contribution in [0.1, 0.15) is 41.7 Å². The first-order chi connectivity index (χ1) is 13.1. The van der Waals surface area contributed by atoms with E-state index in [1.54, 1.807) is 24.3 Å². The Morgan fingerprint density at radius 3 is 2.59 bits per heavy atom. The summed E-state index contributed by atoms with van der Waals surface area (Å²) in [6.07, 6.45) is 1.89. The normalized spacial score (nSPS) is 16.2. The molecule has 27 heavy (non-hydrogen) atoms. The first-order valence-electron chi connectivity index (χ1n) is 9.13. The van der Waals surface area contributed by atoms with E-state index in [4.69, 9.17) is 15.2 Å². The van der Waals surface area contributed by atoms with E-state index in [-0.39, 0.29) is 18.6 Å². The molecule has 3 rings (SSSR count).